The molecule has 2 heterocycles. The summed E-state index contributed by atoms with van der Waals surface area (Å²) >= 11 is 0. The topological polar surface area (TPSA) is 69.0 Å². The minimum atomic E-state index is -1.19. The molecule has 0 saturated carbocycles. The number of aromatic nitrogens is 2. The zero-order chi connectivity index (χ0) is 24.7. The van der Waals surface area contributed by atoms with Crippen molar-refractivity contribution in [3.63, 3.8) is 0 Å². The van der Waals surface area contributed by atoms with Gasteiger partial charge in [-0.25, -0.2) is 9.37 Å². The van der Waals surface area contributed by atoms with Crippen molar-refractivity contribution in [2.24, 2.45) is 0 Å². The molecule has 8 heteroatoms. The SMILES string of the molecule is CC(C)c1nccn1CCOc1ccc(CN2CCOC[C@@](O)(COc3cccc(F)c3)C2)cc1. The first kappa shape index (κ1) is 25.2. The van der Waals surface area contributed by atoms with Crippen molar-refractivity contribution in [1.29, 1.82) is 0 Å². The quantitative estimate of drug-likeness (QED) is 0.472. The Kier molecular flexibility index (Phi) is 8.38. The molecule has 1 saturated heterocycles. The molecule has 0 aliphatic carbocycles. The molecule has 2 aromatic carbocycles. The van der Waals surface area contributed by atoms with E-state index in [9.17, 15) is 9.50 Å². The molecule has 1 fully saturated rings. The van der Waals surface area contributed by atoms with Gasteiger partial charge in [-0.2, -0.15) is 0 Å². The van der Waals surface area contributed by atoms with E-state index in [1.165, 1.54) is 12.1 Å². The van der Waals surface area contributed by atoms with Crippen molar-refractivity contribution in [1.82, 2.24) is 14.5 Å². The molecule has 7 nitrogen and oxygen atoms in total. The molecule has 0 amide bonds. The fourth-order valence-electron chi connectivity index (χ4n) is 4.22. The van der Waals surface area contributed by atoms with E-state index >= 15 is 0 Å². The normalized spacial score (nSPS) is 19.0. The molecular formula is C27H34FN3O4. The van der Waals surface area contributed by atoms with Crippen LogP contribution >= 0.6 is 0 Å². The summed E-state index contributed by atoms with van der Waals surface area (Å²) in [5.74, 6) is 2.27. The summed E-state index contributed by atoms with van der Waals surface area (Å²) in [4.78, 5) is 6.55. The zero-order valence-electron chi connectivity index (χ0n) is 20.4. The van der Waals surface area contributed by atoms with Crippen LogP contribution in [0.25, 0.3) is 0 Å². The number of rotatable bonds is 10. The van der Waals surface area contributed by atoms with Gasteiger partial charge in [0.25, 0.3) is 0 Å². The molecule has 1 aliphatic rings. The van der Waals surface area contributed by atoms with E-state index in [1.54, 1.807) is 12.1 Å². The fraction of sp³-hybridized carbons (Fsp3) is 0.444. The van der Waals surface area contributed by atoms with E-state index < -0.39 is 5.60 Å². The van der Waals surface area contributed by atoms with Gasteiger partial charge in [0, 0.05) is 44.0 Å². The summed E-state index contributed by atoms with van der Waals surface area (Å²) in [5, 5.41) is 11.1. The van der Waals surface area contributed by atoms with Gasteiger partial charge in [-0.15, -0.1) is 0 Å². The summed E-state index contributed by atoms with van der Waals surface area (Å²) in [5.41, 5.74) is -0.0713. The van der Waals surface area contributed by atoms with Crippen LogP contribution in [0, 0.1) is 5.82 Å². The highest BCUT2D eigenvalue weighted by molar-refractivity contribution is 5.27. The zero-order valence-corrected chi connectivity index (χ0v) is 20.4. The van der Waals surface area contributed by atoms with Crippen LogP contribution in [0.2, 0.25) is 0 Å². The number of halogens is 1. The maximum atomic E-state index is 13.4. The Labute approximate surface area is 206 Å². The van der Waals surface area contributed by atoms with Crippen molar-refractivity contribution in [3.8, 4) is 11.5 Å². The lowest BCUT2D eigenvalue weighted by Crippen LogP contribution is -2.48. The molecule has 4 rings (SSSR count). The van der Waals surface area contributed by atoms with Gasteiger partial charge in [-0.1, -0.05) is 32.0 Å². The lowest BCUT2D eigenvalue weighted by molar-refractivity contribution is -0.0647. The fourth-order valence-corrected chi connectivity index (χ4v) is 4.22. The third kappa shape index (κ3) is 7.27. The Balaban J connectivity index is 1.28. The highest BCUT2D eigenvalue weighted by Crippen LogP contribution is 2.20. The first-order valence-corrected chi connectivity index (χ1v) is 12.0. The van der Waals surface area contributed by atoms with Crippen LogP contribution in [0.3, 0.4) is 0 Å². The number of benzene rings is 2. The summed E-state index contributed by atoms with van der Waals surface area (Å²) in [6.45, 7) is 8.05. The summed E-state index contributed by atoms with van der Waals surface area (Å²) in [6, 6.07) is 13.9. The van der Waals surface area contributed by atoms with Gasteiger partial charge in [0.05, 0.1) is 19.8 Å². The van der Waals surface area contributed by atoms with Crippen molar-refractivity contribution < 1.29 is 23.7 Å². The average molecular weight is 484 g/mol. The summed E-state index contributed by atoms with van der Waals surface area (Å²) in [7, 11) is 0. The van der Waals surface area contributed by atoms with Crippen LogP contribution < -0.4 is 9.47 Å². The Bertz CT molecular complexity index is 1070. The largest absolute Gasteiger partial charge is 0.492 e. The third-order valence-electron chi connectivity index (χ3n) is 5.94. The number of hydrogen-bond acceptors (Lipinski definition) is 6. The lowest BCUT2D eigenvalue weighted by Gasteiger charge is -2.30. The Morgan fingerprint density at radius 2 is 1.97 bits per heavy atom. The van der Waals surface area contributed by atoms with Crippen LogP contribution in [0.15, 0.2) is 60.9 Å². The molecule has 1 aliphatic heterocycles. The van der Waals surface area contributed by atoms with Crippen LogP contribution in [0.1, 0.15) is 31.2 Å². The second kappa shape index (κ2) is 11.7. The van der Waals surface area contributed by atoms with Gasteiger partial charge in [-0.3, -0.25) is 4.90 Å². The number of aliphatic hydroxyl groups is 1. The Morgan fingerprint density at radius 1 is 1.14 bits per heavy atom. The highest BCUT2D eigenvalue weighted by atomic mass is 19.1. The van der Waals surface area contributed by atoms with Crippen molar-refractivity contribution in [3.05, 3.63) is 78.1 Å². The van der Waals surface area contributed by atoms with Gasteiger partial charge in [0.1, 0.15) is 42.0 Å². The smallest absolute Gasteiger partial charge is 0.134 e. The third-order valence-corrected chi connectivity index (χ3v) is 5.94. The molecule has 35 heavy (non-hydrogen) atoms. The molecule has 0 spiro atoms. The summed E-state index contributed by atoms with van der Waals surface area (Å²) < 4.78 is 32.8. The van der Waals surface area contributed by atoms with Crippen molar-refractivity contribution in [2.75, 3.05) is 39.5 Å². The number of imidazole rings is 1. The predicted octanol–water partition coefficient (Wildman–Crippen LogP) is 3.87. The second-order valence-corrected chi connectivity index (χ2v) is 9.36. The van der Waals surface area contributed by atoms with Crippen molar-refractivity contribution >= 4 is 0 Å². The van der Waals surface area contributed by atoms with Crippen LogP contribution in [-0.2, 0) is 17.8 Å². The van der Waals surface area contributed by atoms with E-state index in [2.05, 4.69) is 28.3 Å². The molecule has 1 aromatic heterocycles. The molecular weight excluding hydrogens is 449 g/mol. The molecule has 188 valence electrons. The van der Waals surface area contributed by atoms with Gasteiger partial charge in [-0.05, 0) is 29.8 Å². The molecule has 3 aromatic rings. The minimum absolute atomic E-state index is 0.0230. The molecule has 0 unspecified atom stereocenters. The number of β-amino-alcohol motifs (C(OH)–C–C–N with tert-alkyl or cyclic N) is 1. The highest BCUT2D eigenvalue weighted by Gasteiger charge is 2.33. The van der Waals surface area contributed by atoms with E-state index in [0.29, 0.717) is 44.5 Å². The second-order valence-electron chi connectivity index (χ2n) is 9.36. The van der Waals surface area contributed by atoms with Crippen LogP contribution in [-0.4, -0.2) is 64.7 Å². The van der Waals surface area contributed by atoms with E-state index in [-0.39, 0.29) is 19.0 Å². The molecule has 1 atom stereocenters. The number of nitrogens with zero attached hydrogens (tertiary/aromatic N) is 3. The number of ether oxygens (including phenoxy) is 3. The molecule has 1 N–H and O–H groups in total. The molecule has 0 bridgehead atoms. The maximum absolute atomic E-state index is 13.4. The lowest BCUT2D eigenvalue weighted by atomic mass is 10.1. The Morgan fingerprint density at radius 3 is 2.74 bits per heavy atom. The predicted molar refractivity (Wildman–Crippen MR) is 131 cm³/mol. The molecule has 0 radical (unpaired) electrons. The maximum Gasteiger partial charge on any atom is 0.134 e. The average Bonchev–Trinajstić information content (AvgIpc) is 3.23. The van der Waals surface area contributed by atoms with E-state index in [4.69, 9.17) is 14.2 Å². The summed E-state index contributed by atoms with van der Waals surface area (Å²) in [6.07, 6.45) is 3.81. The Hall–Kier alpha value is -2.94. The first-order valence-electron chi connectivity index (χ1n) is 12.0. The van der Waals surface area contributed by atoms with Crippen LogP contribution in [0.4, 0.5) is 4.39 Å². The van der Waals surface area contributed by atoms with Crippen molar-refractivity contribution in [2.45, 2.75) is 38.5 Å². The van der Waals surface area contributed by atoms with E-state index in [0.717, 1.165) is 23.7 Å². The van der Waals surface area contributed by atoms with E-state index in [1.807, 2.05) is 36.7 Å². The number of hydrogen-bond donors (Lipinski definition) is 1. The monoisotopic (exact) mass is 483 g/mol. The van der Waals surface area contributed by atoms with Crippen LogP contribution in [0.5, 0.6) is 11.5 Å². The van der Waals surface area contributed by atoms with Gasteiger partial charge < -0.3 is 23.9 Å². The first-order chi connectivity index (χ1) is 16.9. The standard InChI is InChI=1S/C27H34FN3O4/c1-21(2)26-29-10-11-31(26)13-15-34-24-8-6-22(7-9-24)17-30-12-14-33-19-27(32,18-30)20-35-25-5-3-4-23(28)16-25/h3-11,16,21,32H,12-15,17-20H2,1-2H3/t27-/m1/s1. The van der Waals surface area contributed by atoms with Gasteiger partial charge in [0.2, 0.25) is 0 Å². The minimum Gasteiger partial charge on any atom is -0.492 e. The van der Waals surface area contributed by atoms with Gasteiger partial charge >= 0.3 is 0 Å². The van der Waals surface area contributed by atoms with Gasteiger partial charge in [0.15, 0.2) is 0 Å².